The summed E-state index contributed by atoms with van der Waals surface area (Å²) in [6.45, 7) is 0. The smallest absolute Gasteiger partial charge is 0.360 e. The number of hydrogen-bond acceptors (Lipinski definition) is 9. The van der Waals surface area contributed by atoms with Gasteiger partial charge in [-0.3, -0.25) is 0 Å². The van der Waals surface area contributed by atoms with Crippen molar-refractivity contribution in [2.75, 3.05) is 20.0 Å². The summed E-state index contributed by atoms with van der Waals surface area (Å²) in [6, 6.07) is 0. The molecule has 0 aliphatic heterocycles. The van der Waals surface area contributed by atoms with Crippen molar-refractivity contribution in [1.82, 2.24) is 19.9 Å². The first-order valence-electron chi connectivity index (χ1n) is 5.92. The Labute approximate surface area is 161 Å². The fourth-order valence-electron chi connectivity index (χ4n) is 1.20. The summed E-state index contributed by atoms with van der Waals surface area (Å²) in [4.78, 5) is 37.2. The summed E-state index contributed by atoms with van der Waals surface area (Å²) < 4.78 is 10.2. The average molecular weight is 528 g/mol. The second-order valence-corrected chi connectivity index (χ2v) is 6.12. The first kappa shape index (κ1) is 20.4. The molecule has 0 saturated heterocycles. The Morgan fingerprint density at radius 3 is 1.92 bits per heavy atom. The number of carbonyl (C=O) groups is 2. The van der Waals surface area contributed by atoms with Gasteiger partial charge in [0.05, 0.1) is 26.6 Å². The average Bonchev–Trinajstić information content (AvgIpc) is 2.58. The van der Waals surface area contributed by atoms with Gasteiger partial charge in [0.2, 0.25) is 0 Å². The Morgan fingerprint density at radius 2 is 1.38 bits per heavy atom. The van der Waals surface area contributed by atoms with Crippen molar-refractivity contribution < 1.29 is 19.1 Å². The highest BCUT2D eigenvalue weighted by Gasteiger charge is 2.13. The number of nitrogens with two attached hydrogens (primary N) is 1. The van der Waals surface area contributed by atoms with E-state index in [-0.39, 0.29) is 17.2 Å². The Bertz CT molecular complexity index is 696. The second-order valence-electron chi connectivity index (χ2n) is 3.74. The van der Waals surface area contributed by atoms with Crippen molar-refractivity contribution in [2.45, 2.75) is 0 Å². The minimum Gasteiger partial charge on any atom is -0.464 e. The molecular formula is C12H10Br3N5O4. The molecule has 2 N–H and O–H groups in total. The van der Waals surface area contributed by atoms with Gasteiger partial charge >= 0.3 is 11.9 Å². The van der Waals surface area contributed by atoms with Gasteiger partial charge in [0.25, 0.3) is 0 Å². The van der Waals surface area contributed by atoms with Crippen LogP contribution >= 0.6 is 47.8 Å². The van der Waals surface area contributed by atoms with Gasteiger partial charge in [-0.2, -0.15) is 0 Å². The quantitative estimate of drug-likeness (QED) is 0.585. The van der Waals surface area contributed by atoms with Crippen LogP contribution in [-0.2, 0) is 9.47 Å². The maximum absolute atomic E-state index is 11.0. The molecule has 0 aliphatic carbocycles. The number of carbonyl (C=O) groups excluding carboxylic acids is 2. The van der Waals surface area contributed by atoms with Crippen molar-refractivity contribution in [1.29, 1.82) is 0 Å². The molecule has 12 heteroatoms. The predicted octanol–water partition coefficient (Wildman–Crippen LogP) is 2.40. The molecule has 0 unspecified atom stereocenters. The zero-order valence-corrected chi connectivity index (χ0v) is 17.0. The van der Waals surface area contributed by atoms with Crippen molar-refractivity contribution in [3.8, 4) is 0 Å². The molecule has 24 heavy (non-hydrogen) atoms. The van der Waals surface area contributed by atoms with Crippen LogP contribution in [0.2, 0.25) is 0 Å². The first-order valence-corrected chi connectivity index (χ1v) is 8.30. The van der Waals surface area contributed by atoms with E-state index >= 15 is 0 Å². The van der Waals surface area contributed by atoms with E-state index in [0.717, 1.165) is 0 Å². The lowest BCUT2D eigenvalue weighted by atomic mass is 10.4. The van der Waals surface area contributed by atoms with Gasteiger partial charge in [-0.05, 0) is 47.8 Å². The van der Waals surface area contributed by atoms with Gasteiger partial charge in [0.15, 0.2) is 17.2 Å². The van der Waals surface area contributed by atoms with Crippen LogP contribution in [0, 0.1) is 0 Å². The van der Waals surface area contributed by atoms with E-state index < -0.39 is 11.9 Å². The van der Waals surface area contributed by atoms with Crippen molar-refractivity contribution in [3.63, 3.8) is 0 Å². The number of nitrogen functional groups attached to an aromatic ring is 1. The number of halogens is 3. The van der Waals surface area contributed by atoms with Gasteiger partial charge in [0.1, 0.15) is 13.8 Å². The highest BCUT2D eigenvalue weighted by molar-refractivity contribution is 9.11. The summed E-state index contributed by atoms with van der Waals surface area (Å²) in [5, 5.41) is 0. The molecule has 0 amide bonds. The van der Waals surface area contributed by atoms with Gasteiger partial charge in [0, 0.05) is 0 Å². The monoisotopic (exact) mass is 525 g/mol. The van der Waals surface area contributed by atoms with Crippen LogP contribution in [0.1, 0.15) is 21.0 Å². The summed E-state index contributed by atoms with van der Waals surface area (Å²) >= 11 is 9.22. The van der Waals surface area contributed by atoms with Gasteiger partial charge in [-0.25, -0.2) is 29.5 Å². The third-order valence-corrected chi connectivity index (χ3v) is 3.57. The van der Waals surface area contributed by atoms with Crippen LogP contribution in [0.3, 0.4) is 0 Å². The molecule has 9 nitrogen and oxygen atoms in total. The predicted molar refractivity (Wildman–Crippen MR) is 94.3 cm³/mol. The maximum Gasteiger partial charge on any atom is 0.360 e. The highest BCUT2D eigenvalue weighted by Crippen LogP contribution is 2.15. The van der Waals surface area contributed by atoms with Crippen LogP contribution in [-0.4, -0.2) is 46.1 Å². The number of ether oxygens (including phenoxy) is 2. The molecule has 0 aromatic carbocycles. The minimum absolute atomic E-state index is 0.0203. The van der Waals surface area contributed by atoms with E-state index in [1.807, 2.05) is 0 Å². The lowest BCUT2D eigenvalue weighted by molar-refractivity contribution is 0.0584. The maximum atomic E-state index is 11.0. The lowest BCUT2D eigenvalue weighted by Gasteiger charge is -2.00. The summed E-state index contributed by atoms with van der Waals surface area (Å²) in [5.74, 6) is -1.05. The fraction of sp³-hybridized carbons (Fsp3) is 0.167. The van der Waals surface area contributed by atoms with E-state index in [0.29, 0.717) is 13.8 Å². The Balaban J connectivity index is 0.000000240. The topological polar surface area (TPSA) is 130 Å². The zero-order chi connectivity index (χ0) is 18.3. The van der Waals surface area contributed by atoms with E-state index in [1.165, 1.54) is 26.6 Å². The number of rotatable bonds is 2. The molecule has 0 fully saturated rings. The van der Waals surface area contributed by atoms with E-state index in [1.54, 1.807) is 0 Å². The number of anilines is 1. The fourth-order valence-corrected chi connectivity index (χ4v) is 2.12. The molecule has 2 heterocycles. The van der Waals surface area contributed by atoms with Gasteiger partial charge < -0.3 is 15.2 Å². The SMILES string of the molecule is COC(=O)c1nc(Br)cnc1Br.COC(=O)c1nc(Br)cnc1N. The summed E-state index contributed by atoms with van der Waals surface area (Å²) in [7, 11) is 2.54. The summed E-state index contributed by atoms with van der Waals surface area (Å²) in [6.07, 6.45) is 2.89. The molecular weight excluding hydrogens is 518 g/mol. The third-order valence-electron chi connectivity index (χ3n) is 2.23. The highest BCUT2D eigenvalue weighted by atomic mass is 79.9. The number of aromatic nitrogens is 4. The van der Waals surface area contributed by atoms with Crippen molar-refractivity contribution >= 4 is 65.5 Å². The number of esters is 2. The number of nitrogens with zero attached hydrogens (tertiary/aromatic N) is 4. The van der Waals surface area contributed by atoms with Crippen LogP contribution in [0.25, 0.3) is 0 Å². The molecule has 2 aromatic heterocycles. The minimum atomic E-state index is -0.596. The number of hydrogen-bond donors (Lipinski definition) is 1. The Morgan fingerprint density at radius 1 is 0.917 bits per heavy atom. The molecule has 2 rings (SSSR count). The number of methoxy groups -OCH3 is 2. The lowest BCUT2D eigenvalue weighted by Crippen LogP contribution is -2.09. The molecule has 0 bridgehead atoms. The second kappa shape index (κ2) is 9.59. The molecule has 0 spiro atoms. The molecule has 0 atom stereocenters. The Kier molecular flexibility index (Phi) is 8.15. The van der Waals surface area contributed by atoms with Gasteiger partial charge in [-0.15, -0.1) is 0 Å². The zero-order valence-electron chi connectivity index (χ0n) is 12.3. The van der Waals surface area contributed by atoms with Crippen LogP contribution in [0.4, 0.5) is 5.82 Å². The third kappa shape index (κ3) is 5.76. The van der Waals surface area contributed by atoms with Crippen molar-refractivity contribution in [2.24, 2.45) is 0 Å². The standard InChI is InChI=1S/C6H4Br2N2O2.C6H6BrN3O2/c2*1-12-6(11)4-5(8)9-2-3(7)10-4/h2H,1H3;2H,1H3,(H2,8,9). The van der Waals surface area contributed by atoms with E-state index in [2.05, 4.69) is 77.2 Å². The molecule has 0 saturated carbocycles. The molecule has 2 aromatic rings. The first-order chi connectivity index (χ1) is 11.3. The van der Waals surface area contributed by atoms with Crippen molar-refractivity contribution in [3.05, 3.63) is 37.6 Å². The molecule has 128 valence electrons. The van der Waals surface area contributed by atoms with E-state index in [9.17, 15) is 9.59 Å². The van der Waals surface area contributed by atoms with Crippen LogP contribution < -0.4 is 5.73 Å². The van der Waals surface area contributed by atoms with Crippen LogP contribution in [0.15, 0.2) is 26.2 Å². The Hall–Kier alpha value is -1.66. The molecule has 0 radical (unpaired) electrons. The van der Waals surface area contributed by atoms with Gasteiger partial charge in [-0.1, -0.05) is 0 Å². The van der Waals surface area contributed by atoms with E-state index in [4.69, 9.17) is 5.73 Å². The van der Waals surface area contributed by atoms with Crippen LogP contribution in [0.5, 0.6) is 0 Å². The normalized spacial score (nSPS) is 9.54. The largest absolute Gasteiger partial charge is 0.464 e. The molecule has 0 aliphatic rings. The summed E-state index contributed by atoms with van der Waals surface area (Å²) in [5.41, 5.74) is 5.55.